The van der Waals surface area contributed by atoms with Gasteiger partial charge in [-0.3, -0.25) is 10.1 Å². The molecule has 2 rings (SSSR count). The van der Waals surface area contributed by atoms with E-state index < -0.39 is 37.1 Å². The zero-order chi connectivity index (χ0) is 16.5. The molecule has 1 saturated heterocycles. The standard InChI is InChI=1S/C12H16FN3O5S.ClH/c1-8-7-14-3-4-15(8)22(19,20)9-5-10(13)12(21-2)11(6-9)16(17)18;/h5-6,8,14H,3-4,7H2,1-2H3;1H. The first kappa shape index (κ1) is 19.6. The zero-order valence-electron chi connectivity index (χ0n) is 12.5. The molecule has 0 radical (unpaired) electrons. The third-order valence-corrected chi connectivity index (χ3v) is 5.44. The number of rotatable bonds is 4. The Morgan fingerprint density at radius 1 is 1.48 bits per heavy atom. The molecule has 0 aliphatic carbocycles. The second-order valence-electron chi connectivity index (χ2n) is 4.88. The fourth-order valence-corrected chi connectivity index (χ4v) is 4.02. The zero-order valence-corrected chi connectivity index (χ0v) is 14.1. The van der Waals surface area contributed by atoms with Crippen LogP contribution < -0.4 is 10.1 Å². The van der Waals surface area contributed by atoms with Crippen LogP contribution in [0.1, 0.15) is 6.92 Å². The van der Waals surface area contributed by atoms with Crippen LogP contribution in [0.25, 0.3) is 0 Å². The molecular formula is C12H17ClFN3O5S. The number of benzene rings is 1. The number of nitro benzene ring substituents is 1. The van der Waals surface area contributed by atoms with E-state index in [1.165, 1.54) is 4.31 Å². The summed E-state index contributed by atoms with van der Waals surface area (Å²) in [5.74, 6) is -1.67. The monoisotopic (exact) mass is 369 g/mol. The number of sulfonamides is 1. The Hall–Kier alpha value is -1.49. The van der Waals surface area contributed by atoms with E-state index in [1.807, 2.05) is 0 Å². The highest BCUT2D eigenvalue weighted by molar-refractivity contribution is 7.89. The molecule has 0 spiro atoms. The van der Waals surface area contributed by atoms with Crippen LogP contribution in [0.3, 0.4) is 0 Å². The van der Waals surface area contributed by atoms with E-state index in [0.29, 0.717) is 13.1 Å². The van der Waals surface area contributed by atoms with Crippen LogP contribution in [0.4, 0.5) is 10.1 Å². The van der Waals surface area contributed by atoms with Crippen LogP contribution >= 0.6 is 12.4 Å². The van der Waals surface area contributed by atoms with E-state index in [-0.39, 0.29) is 25.0 Å². The second kappa shape index (κ2) is 7.39. The highest BCUT2D eigenvalue weighted by Crippen LogP contribution is 2.34. The minimum atomic E-state index is -4.02. The lowest BCUT2D eigenvalue weighted by molar-refractivity contribution is -0.386. The highest BCUT2D eigenvalue weighted by Gasteiger charge is 2.34. The third-order valence-electron chi connectivity index (χ3n) is 3.45. The van der Waals surface area contributed by atoms with Crippen molar-refractivity contribution in [3.63, 3.8) is 0 Å². The summed E-state index contributed by atoms with van der Waals surface area (Å²) >= 11 is 0. The van der Waals surface area contributed by atoms with Gasteiger partial charge in [0, 0.05) is 31.7 Å². The molecule has 130 valence electrons. The quantitative estimate of drug-likeness (QED) is 0.631. The first-order chi connectivity index (χ1) is 10.3. The number of nitro groups is 1. The molecule has 0 saturated carbocycles. The maximum absolute atomic E-state index is 13.9. The molecule has 1 N–H and O–H groups in total. The van der Waals surface area contributed by atoms with Gasteiger partial charge < -0.3 is 10.1 Å². The molecule has 1 aromatic rings. The van der Waals surface area contributed by atoms with Crippen molar-refractivity contribution < 1.29 is 22.5 Å². The Balaban J connectivity index is 0.00000264. The molecule has 1 heterocycles. The summed E-state index contributed by atoms with van der Waals surface area (Å²) < 4.78 is 45.0. The normalized spacial score (nSPS) is 19.0. The summed E-state index contributed by atoms with van der Waals surface area (Å²) in [6.45, 7) is 2.84. The first-order valence-electron chi connectivity index (χ1n) is 6.53. The maximum Gasteiger partial charge on any atom is 0.315 e. The van der Waals surface area contributed by atoms with Crippen molar-refractivity contribution >= 4 is 28.1 Å². The van der Waals surface area contributed by atoms with E-state index in [2.05, 4.69) is 10.1 Å². The van der Waals surface area contributed by atoms with Crippen molar-refractivity contribution in [2.24, 2.45) is 0 Å². The topological polar surface area (TPSA) is 102 Å². The first-order valence-corrected chi connectivity index (χ1v) is 7.97. The molecule has 11 heteroatoms. The van der Waals surface area contributed by atoms with Crippen molar-refractivity contribution in [2.75, 3.05) is 26.7 Å². The van der Waals surface area contributed by atoms with Gasteiger partial charge in [-0.25, -0.2) is 12.8 Å². The van der Waals surface area contributed by atoms with Crippen molar-refractivity contribution in [1.82, 2.24) is 9.62 Å². The highest BCUT2D eigenvalue weighted by atomic mass is 35.5. The summed E-state index contributed by atoms with van der Waals surface area (Å²) in [6.07, 6.45) is 0. The molecule has 1 fully saturated rings. The number of nitrogens with zero attached hydrogens (tertiary/aromatic N) is 2. The molecule has 0 aromatic heterocycles. The Morgan fingerprint density at radius 2 is 2.13 bits per heavy atom. The molecule has 8 nitrogen and oxygen atoms in total. The smallest absolute Gasteiger partial charge is 0.315 e. The van der Waals surface area contributed by atoms with E-state index in [4.69, 9.17) is 0 Å². The lowest BCUT2D eigenvalue weighted by Crippen LogP contribution is -2.52. The third kappa shape index (κ3) is 3.71. The molecule has 1 aliphatic rings. The van der Waals surface area contributed by atoms with Gasteiger partial charge in [0.25, 0.3) is 0 Å². The lowest BCUT2D eigenvalue weighted by Gasteiger charge is -2.32. The Kier molecular flexibility index (Phi) is 6.28. The van der Waals surface area contributed by atoms with E-state index in [1.54, 1.807) is 6.92 Å². The summed E-state index contributed by atoms with van der Waals surface area (Å²) in [7, 11) is -2.94. The van der Waals surface area contributed by atoms with Crippen LogP contribution in [0.2, 0.25) is 0 Å². The number of ether oxygens (including phenoxy) is 1. The molecule has 1 unspecified atom stereocenters. The summed E-state index contributed by atoms with van der Waals surface area (Å²) in [5, 5.41) is 14.0. The van der Waals surface area contributed by atoms with Crippen molar-refractivity contribution in [3.05, 3.63) is 28.1 Å². The number of piperazine rings is 1. The average molecular weight is 370 g/mol. The molecule has 1 aliphatic heterocycles. The molecule has 23 heavy (non-hydrogen) atoms. The summed E-state index contributed by atoms with van der Waals surface area (Å²) in [5.41, 5.74) is -0.719. The fraction of sp³-hybridized carbons (Fsp3) is 0.500. The lowest BCUT2D eigenvalue weighted by atomic mass is 10.3. The Bertz CT molecular complexity index is 700. The van der Waals surface area contributed by atoms with Crippen LogP contribution in [0.15, 0.2) is 17.0 Å². The Morgan fingerprint density at radius 3 is 2.65 bits per heavy atom. The van der Waals surface area contributed by atoms with Crippen LogP contribution in [0, 0.1) is 15.9 Å². The van der Waals surface area contributed by atoms with Crippen LogP contribution in [-0.4, -0.2) is 50.4 Å². The number of hydrogen-bond donors (Lipinski definition) is 1. The minimum absolute atomic E-state index is 0. The summed E-state index contributed by atoms with van der Waals surface area (Å²) in [6, 6.07) is 1.24. The molecule has 0 amide bonds. The van der Waals surface area contributed by atoms with E-state index >= 15 is 0 Å². The van der Waals surface area contributed by atoms with Gasteiger partial charge in [-0.15, -0.1) is 12.4 Å². The van der Waals surface area contributed by atoms with Gasteiger partial charge in [-0.1, -0.05) is 0 Å². The van der Waals surface area contributed by atoms with Crippen LogP contribution in [-0.2, 0) is 10.0 Å². The van der Waals surface area contributed by atoms with Gasteiger partial charge >= 0.3 is 5.69 Å². The van der Waals surface area contributed by atoms with Crippen molar-refractivity contribution in [1.29, 1.82) is 0 Å². The van der Waals surface area contributed by atoms with Gasteiger partial charge in [0.05, 0.1) is 16.9 Å². The SMILES string of the molecule is COc1c(F)cc(S(=O)(=O)N2CCNCC2C)cc1[N+](=O)[O-].Cl. The fourth-order valence-electron chi connectivity index (χ4n) is 2.36. The Labute approximate surface area is 139 Å². The average Bonchev–Trinajstić information content (AvgIpc) is 2.46. The van der Waals surface area contributed by atoms with Gasteiger partial charge in [-0.2, -0.15) is 4.31 Å². The van der Waals surface area contributed by atoms with Gasteiger partial charge in [0.15, 0.2) is 5.82 Å². The van der Waals surface area contributed by atoms with Crippen molar-refractivity contribution in [2.45, 2.75) is 17.9 Å². The van der Waals surface area contributed by atoms with Gasteiger partial charge in [0.1, 0.15) is 0 Å². The van der Waals surface area contributed by atoms with Gasteiger partial charge in [0.2, 0.25) is 15.8 Å². The molecule has 1 aromatic carbocycles. The van der Waals surface area contributed by atoms with E-state index in [9.17, 15) is 22.9 Å². The largest absolute Gasteiger partial charge is 0.488 e. The molecule has 1 atom stereocenters. The van der Waals surface area contributed by atoms with Gasteiger partial charge in [-0.05, 0) is 13.0 Å². The predicted molar refractivity (Wildman–Crippen MR) is 83.1 cm³/mol. The van der Waals surface area contributed by atoms with Crippen molar-refractivity contribution in [3.8, 4) is 5.75 Å². The van der Waals surface area contributed by atoms with E-state index in [0.717, 1.165) is 19.2 Å². The number of hydrogen-bond acceptors (Lipinski definition) is 6. The maximum atomic E-state index is 13.9. The predicted octanol–water partition coefficient (Wildman–Crippen LogP) is 1.15. The summed E-state index contributed by atoms with van der Waals surface area (Å²) in [4.78, 5) is 9.67. The number of halogens is 2. The van der Waals surface area contributed by atoms with Crippen LogP contribution in [0.5, 0.6) is 5.75 Å². The molecule has 0 bridgehead atoms. The molecular weight excluding hydrogens is 353 g/mol. The number of methoxy groups -OCH3 is 1. The minimum Gasteiger partial charge on any atom is -0.488 e. The number of nitrogens with one attached hydrogen (secondary N) is 1. The second-order valence-corrected chi connectivity index (χ2v) is 6.77.